The molecule has 0 heterocycles. The lowest BCUT2D eigenvalue weighted by molar-refractivity contribution is 0.130. The Hall–Kier alpha value is -1.72. The number of nitrogens with one attached hydrogen (secondary N) is 1. The Bertz CT molecular complexity index is 384. The van der Waals surface area contributed by atoms with Crippen molar-refractivity contribution in [3.8, 4) is 0 Å². The normalized spacial score (nSPS) is 10.4. The van der Waals surface area contributed by atoms with Gasteiger partial charge in [0.05, 0.1) is 11.8 Å². The highest BCUT2D eigenvalue weighted by molar-refractivity contribution is 5.84. The van der Waals surface area contributed by atoms with Crippen LogP contribution in [-0.2, 0) is 4.74 Å². The Balaban J connectivity index is 2.79. The van der Waals surface area contributed by atoms with Gasteiger partial charge in [-0.2, -0.15) is 0 Å². The fraction of sp³-hybridized carbons (Fsp3) is 0.300. The molecule has 3 nitrogen and oxygen atoms in total. The van der Waals surface area contributed by atoms with Crippen molar-refractivity contribution < 1.29 is 22.7 Å². The molecule has 1 aromatic rings. The van der Waals surface area contributed by atoms with Crippen molar-refractivity contribution in [3.05, 3.63) is 29.6 Å². The maximum absolute atomic E-state index is 12.7. The quantitative estimate of drug-likeness (QED) is 0.797. The van der Waals surface area contributed by atoms with Crippen LogP contribution in [0.4, 0.5) is 23.7 Å². The minimum atomic E-state index is -1.58. The van der Waals surface area contributed by atoms with Crippen LogP contribution in [0.3, 0.4) is 0 Å². The molecule has 0 aromatic heterocycles. The number of rotatable bonds is 2. The number of halogens is 3. The maximum Gasteiger partial charge on any atom is 0.411 e. The van der Waals surface area contributed by atoms with E-state index in [9.17, 15) is 18.0 Å². The smallest absolute Gasteiger partial charge is 0.411 e. The molecule has 0 bridgehead atoms. The minimum absolute atomic E-state index is 0.206. The molecule has 0 aliphatic rings. The van der Waals surface area contributed by atoms with E-state index in [1.54, 1.807) is 13.8 Å². The van der Waals surface area contributed by atoms with E-state index in [2.05, 4.69) is 10.1 Å². The molecule has 0 saturated heterocycles. The van der Waals surface area contributed by atoms with Crippen LogP contribution >= 0.6 is 0 Å². The maximum atomic E-state index is 12.7. The van der Waals surface area contributed by atoms with Crippen LogP contribution in [0.25, 0.3) is 0 Å². The number of carbonyl (C=O) groups is 1. The zero-order chi connectivity index (χ0) is 12.3. The summed E-state index contributed by atoms with van der Waals surface area (Å²) in [6.07, 6.45) is -1.23. The summed E-state index contributed by atoms with van der Waals surface area (Å²) in [5, 5.41) is 2.07. The highest BCUT2D eigenvalue weighted by Crippen LogP contribution is 2.17. The van der Waals surface area contributed by atoms with Crippen molar-refractivity contribution >= 4 is 11.8 Å². The molecule has 0 aliphatic heterocycles. The van der Waals surface area contributed by atoms with Gasteiger partial charge in [0.25, 0.3) is 0 Å². The van der Waals surface area contributed by atoms with Gasteiger partial charge in [-0.05, 0) is 13.8 Å². The molecule has 1 aromatic carbocycles. The first-order valence-electron chi connectivity index (χ1n) is 4.52. The third-order valence-electron chi connectivity index (χ3n) is 1.57. The lowest BCUT2D eigenvalue weighted by Gasteiger charge is -2.09. The number of benzene rings is 1. The third-order valence-corrected chi connectivity index (χ3v) is 1.57. The predicted octanol–water partition coefficient (Wildman–Crippen LogP) is 3.06. The molecule has 0 aliphatic carbocycles. The third kappa shape index (κ3) is 3.15. The fourth-order valence-electron chi connectivity index (χ4n) is 0.989. The topological polar surface area (TPSA) is 38.3 Å². The van der Waals surface area contributed by atoms with Crippen molar-refractivity contribution in [2.45, 2.75) is 20.0 Å². The summed E-state index contributed by atoms with van der Waals surface area (Å²) in [6, 6.07) is 1.33. The Labute approximate surface area is 90.2 Å². The summed E-state index contributed by atoms with van der Waals surface area (Å²) in [7, 11) is 0. The molecule has 6 heteroatoms. The van der Waals surface area contributed by atoms with E-state index in [4.69, 9.17) is 0 Å². The molecule has 0 unspecified atom stereocenters. The van der Waals surface area contributed by atoms with Crippen LogP contribution in [-0.4, -0.2) is 12.2 Å². The van der Waals surface area contributed by atoms with Crippen molar-refractivity contribution in [1.29, 1.82) is 0 Å². The van der Waals surface area contributed by atoms with Crippen molar-refractivity contribution in [3.63, 3.8) is 0 Å². The second-order valence-electron chi connectivity index (χ2n) is 3.33. The van der Waals surface area contributed by atoms with Gasteiger partial charge in [-0.15, -0.1) is 0 Å². The fourth-order valence-corrected chi connectivity index (χ4v) is 0.989. The van der Waals surface area contributed by atoms with E-state index < -0.39 is 23.5 Å². The largest absolute Gasteiger partial charge is 0.447 e. The van der Waals surface area contributed by atoms with Crippen LogP contribution in [0.1, 0.15) is 13.8 Å². The molecule has 1 N–H and O–H groups in total. The zero-order valence-corrected chi connectivity index (χ0v) is 8.68. The van der Waals surface area contributed by atoms with Crippen LogP contribution in [0.15, 0.2) is 12.1 Å². The standard InChI is InChI=1S/C10H10F3NO2/c1-5(2)16-10(15)14-6-3-7(11)9(13)8(12)4-6/h3-5H,1-2H3,(H,14,15). The lowest BCUT2D eigenvalue weighted by atomic mass is 10.3. The first-order valence-corrected chi connectivity index (χ1v) is 4.52. The van der Waals surface area contributed by atoms with Crippen LogP contribution < -0.4 is 5.32 Å². The van der Waals surface area contributed by atoms with Crippen molar-refractivity contribution in [1.82, 2.24) is 0 Å². The Morgan fingerprint density at radius 3 is 2.19 bits per heavy atom. The molecule has 16 heavy (non-hydrogen) atoms. The second-order valence-corrected chi connectivity index (χ2v) is 3.33. The van der Waals surface area contributed by atoms with Gasteiger partial charge < -0.3 is 4.74 Å². The molecule has 0 spiro atoms. The van der Waals surface area contributed by atoms with Crippen LogP contribution in [0, 0.1) is 17.5 Å². The number of carbonyl (C=O) groups excluding carboxylic acids is 1. The number of hydrogen-bond donors (Lipinski definition) is 1. The average Bonchev–Trinajstić information content (AvgIpc) is 2.12. The van der Waals surface area contributed by atoms with Gasteiger partial charge in [-0.3, -0.25) is 5.32 Å². The summed E-state index contributed by atoms with van der Waals surface area (Å²) in [5.41, 5.74) is -0.206. The molecule has 1 amide bonds. The van der Waals surface area contributed by atoms with Gasteiger partial charge in [-0.1, -0.05) is 0 Å². The summed E-state index contributed by atoms with van der Waals surface area (Å²) in [5.74, 6) is -4.33. The van der Waals surface area contributed by atoms with Crippen LogP contribution in [0.5, 0.6) is 0 Å². The number of amides is 1. The summed E-state index contributed by atoms with van der Waals surface area (Å²) in [4.78, 5) is 11.1. The zero-order valence-electron chi connectivity index (χ0n) is 8.68. The number of ether oxygens (including phenoxy) is 1. The van der Waals surface area contributed by atoms with E-state index in [0.29, 0.717) is 12.1 Å². The Morgan fingerprint density at radius 2 is 1.75 bits per heavy atom. The second kappa shape index (κ2) is 4.87. The lowest BCUT2D eigenvalue weighted by Crippen LogP contribution is -2.18. The van der Waals surface area contributed by atoms with Crippen molar-refractivity contribution in [2.75, 3.05) is 5.32 Å². The minimum Gasteiger partial charge on any atom is -0.447 e. The van der Waals surface area contributed by atoms with E-state index in [0.717, 1.165) is 0 Å². The molecule has 0 radical (unpaired) electrons. The molecule has 88 valence electrons. The van der Waals surface area contributed by atoms with Gasteiger partial charge in [0.2, 0.25) is 0 Å². The van der Waals surface area contributed by atoms with Gasteiger partial charge >= 0.3 is 6.09 Å². The Kier molecular flexibility index (Phi) is 3.76. The van der Waals surface area contributed by atoms with E-state index in [1.165, 1.54) is 0 Å². The Morgan fingerprint density at radius 1 is 1.25 bits per heavy atom. The van der Waals surface area contributed by atoms with E-state index in [-0.39, 0.29) is 11.8 Å². The number of anilines is 1. The molecular weight excluding hydrogens is 223 g/mol. The monoisotopic (exact) mass is 233 g/mol. The summed E-state index contributed by atoms with van der Waals surface area (Å²) in [6.45, 7) is 3.23. The molecule has 0 fully saturated rings. The average molecular weight is 233 g/mol. The van der Waals surface area contributed by atoms with Crippen LogP contribution in [0.2, 0.25) is 0 Å². The van der Waals surface area contributed by atoms with Gasteiger partial charge in [0.1, 0.15) is 0 Å². The van der Waals surface area contributed by atoms with E-state index in [1.807, 2.05) is 0 Å². The van der Waals surface area contributed by atoms with E-state index >= 15 is 0 Å². The van der Waals surface area contributed by atoms with Gasteiger partial charge in [0, 0.05) is 12.1 Å². The molecule has 0 saturated carbocycles. The summed E-state index contributed by atoms with van der Waals surface area (Å²) < 4.78 is 42.7. The molecule has 0 atom stereocenters. The van der Waals surface area contributed by atoms with Gasteiger partial charge in [-0.25, -0.2) is 18.0 Å². The van der Waals surface area contributed by atoms with Gasteiger partial charge in [0.15, 0.2) is 17.5 Å². The highest BCUT2D eigenvalue weighted by atomic mass is 19.2. The first kappa shape index (κ1) is 12.4. The highest BCUT2D eigenvalue weighted by Gasteiger charge is 2.12. The van der Waals surface area contributed by atoms with Crippen molar-refractivity contribution in [2.24, 2.45) is 0 Å². The first-order chi connectivity index (χ1) is 7.40. The predicted molar refractivity (Wildman–Crippen MR) is 51.6 cm³/mol. The number of hydrogen-bond acceptors (Lipinski definition) is 2. The molecular formula is C10H10F3NO2. The SMILES string of the molecule is CC(C)OC(=O)Nc1cc(F)c(F)c(F)c1. The summed E-state index contributed by atoms with van der Waals surface area (Å²) >= 11 is 0. The molecule has 1 rings (SSSR count).